The van der Waals surface area contributed by atoms with Crippen molar-refractivity contribution in [2.24, 2.45) is 17.2 Å². The summed E-state index contributed by atoms with van der Waals surface area (Å²) in [5, 5.41) is 16.7. The fourth-order valence-corrected chi connectivity index (χ4v) is 6.72. The van der Waals surface area contributed by atoms with Crippen molar-refractivity contribution < 1.29 is 52.8 Å². The van der Waals surface area contributed by atoms with Gasteiger partial charge in [0.15, 0.2) is 6.10 Å². The van der Waals surface area contributed by atoms with Crippen LogP contribution in [0.2, 0.25) is 0 Å². The standard InChI is InChI=1S/C17H28N2O5.C16H28N2O3.C16H26N2O3/c18-15(16(20)21)10-6-7-11-19-17(22)24-13-12-23-14-8-4-2-1-3-5-9-14;2*1-13(19)15(17)11-7-8-12-18-16(20)21-14-9-5-3-2-4-6-10-14/h14-15H,1-4,6-8,10-13,18H2,(H,19,22)(H,20,21);2-3,14-15H,4-12,17H2,1H3,(H,18,20);14-15H,2-5,7-9,11-12,17H2,1H3,(H,18,20)/b;3-2+;. The van der Waals surface area contributed by atoms with E-state index in [0.29, 0.717) is 58.3 Å². The fraction of sp³-hybridized carbons (Fsp3) is 0.755. The summed E-state index contributed by atoms with van der Waals surface area (Å²) in [5.74, 6) is 11.2. The molecule has 0 aliphatic heterocycles. The van der Waals surface area contributed by atoms with Crippen molar-refractivity contribution in [3.05, 3.63) is 12.2 Å². The number of nitrogens with two attached hydrogens (primary N) is 3. The Morgan fingerprint density at radius 2 is 1.08 bits per heavy atom. The number of hydrogen-bond donors (Lipinski definition) is 7. The van der Waals surface area contributed by atoms with E-state index in [1.54, 1.807) is 0 Å². The van der Waals surface area contributed by atoms with Gasteiger partial charge < -0.3 is 57.2 Å². The van der Waals surface area contributed by atoms with E-state index in [9.17, 15) is 28.8 Å². The second-order valence-corrected chi connectivity index (χ2v) is 16.9. The third-order valence-electron chi connectivity index (χ3n) is 10.9. The second-order valence-electron chi connectivity index (χ2n) is 16.9. The number of aliphatic carboxylic acids is 1. The van der Waals surface area contributed by atoms with Crippen LogP contribution in [0.3, 0.4) is 0 Å². The minimum atomic E-state index is -1.00. The molecule has 3 rings (SSSR count). The van der Waals surface area contributed by atoms with Gasteiger partial charge in [-0.3, -0.25) is 14.4 Å². The van der Waals surface area contributed by atoms with Gasteiger partial charge in [-0.2, -0.15) is 0 Å². The zero-order chi connectivity index (χ0) is 48.6. The van der Waals surface area contributed by atoms with Crippen molar-refractivity contribution in [3.63, 3.8) is 0 Å². The number of rotatable bonds is 24. The van der Waals surface area contributed by atoms with E-state index in [1.807, 2.05) is 0 Å². The van der Waals surface area contributed by atoms with Crippen molar-refractivity contribution in [3.8, 4) is 23.7 Å². The molecular formula is C49H82N6O11. The Bertz CT molecular complexity index is 1560. The number of allylic oxidation sites excluding steroid dienone is 2. The average molecular weight is 931 g/mol. The summed E-state index contributed by atoms with van der Waals surface area (Å²) in [6.45, 7) is 5.05. The number of amides is 3. The van der Waals surface area contributed by atoms with Gasteiger partial charge in [0, 0.05) is 32.5 Å². The zero-order valence-corrected chi connectivity index (χ0v) is 39.9. The van der Waals surface area contributed by atoms with Crippen molar-refractivity contribution in [2.45, 2.75) is 204 Å². The molecule has 0 saturated carbocycles. The molecule has 66 heavy (non-hydrogen) atoms. The van der Waals surface area contributed by atoms with E-state index in [1.165, 1.54) is 20.3 Å². The predicted octanol–water partition coefficient (Wildman–Crippen LogP) is 6.47. The maximum absolute atomic E-state index is 11.7. The lowest BCUT2D eigenvalue weighted by Crippen LogP contribution is -2.31. The monoisotopic (exact) mass is 931 g/mol. The molecule has 17 heteroatoms. The maximum atomic E-state index is 11.7. The highest BCUT2D eigenvalue weighted by Crippen LogP contribution is 2.16. The normalized spacial score (nSPS) is 19.8. The molecule has 3 amide bonds. The molecule has 374 valence electrons. The topological polar surface area (TPSA) is 274 Å². The second kappa shape index (κ2) is 39.5. The van der Waals surface area contributed by atoms with Gasteiger partial charge >= 0.3 is 24.2 Å². The summed E-state index contributed by atoms with van der Waals surface area (Å²) in [6.07, 6.45) is 24.3. The molecule has 10 N–H and O–H groups in total. The molecule has 0 bridgehead atoms. The molecule has 0 aromatic heterocycles. The molecule has 3 aliphatic rings. The molecule has 0 fully saturated rings. The van der Waals surface area contributed by atoms with Crippen LogP contribution in [-0.2, 0) is 33.3 Å². The molecule has 6 unspecified atom stereocenters. The molecule has 0 aromatic carbocycles. The number of ether oxygens (including phenoxy) is 4. The van der Waals surface area contributed by atoms with Gasteiger partial charge in [-0.25, -0.2) is 14.4 Å². The molecular weight excluding hydrogens is 849 g/mol. The number of carbonyl (C=O) groups excluding carboxylic acids is 5. The van der Waals surface area contributed by atoms with E-state index >= 15 is 0 Å². The summed E-state index contributed by atoms with van der Waals surface area (Å²) >= 11 is 0. The van der Waals surface area contributed by atoms with Crippen LogP contribution in [-0.4, -0.2) is 110 Å². The lowest BCUT2D eigenvalue weighted by molar-refractivity contribution is -0.138. The highest BCUT2D eigenvalue weighted by Gasteiger charge is 2.16. The number of unbranched alkanes of at least 4 members (excludes halogenated alkanes) is 3. The summed E-state index contributed by atoms with van der Waals surface area (Å²) in [6, 6.07) is -1.60. The van der Waals surface area contributed by atoms with Crippen LogP contribution in [0.25, 0.3) is 0 Å². The number of ketones is 2. The van der Waals surface area contributed by atoms with E-state index in [0.717, 1.165) is 116 Å². The Hall–Kier alpha value is -4.68. The fourth-order valence-electron chi connectivity index (χ4n) is 6.72. The molecule has 3 aliphatic carbocycles. The van der Waals surface area contributed by atoms with Gasteiger partial charge in [0.25, 0.3) is 0 Å². The van der Waals surface area contributed by atoms with Crippen LogP contribution in [0.15, 0.2) is 12.2 Å². The highest BCUT2D eigenvalue weighted by atomic mass is 16.6. The molecule has 6 atom stereocenters. The number of alkyl carbamates (subject to hydrolysis) is 3. The summed E-state index contributed by atoms with van der Waals surface area (Å²) in [4.78, 5) is 67.2. The average Bonchev–Trinajstić information content (AvgIpc) is 3.24. The SMILES string of the molecule is CC(=O)C(N)CCCCNC(=O)OC1C#CCCCCC1.CC(=O)C(N)CCCCNC(=O)OC1CC/C=C/CCC1.NC(CCCCNC(=O)OCCOC1C#CCCCCC1)C(=O)O. The number of carboxylic acid groups (broad SMARTS) is 1. The molecule has 0 radical (unpaired) electrons. The number of carboxylic acids is 1. The maximum Gasteiger partial charge on any atom is 0.408 e. The van der Waals surface area contributed by atoms with E-state index < -0.39 is 24.2 Å². The van der Waals surface area contributed by atoms with Gasteiger partial charge in [0.1, 0.15) is 36.4 Å². The molecule has 0 saturated heterocycles. The Morgan fingerprint density at radius 1 is 0.576 bits per heavy atom. The molecule has 0 spiro atoms. The summed E-state index contributed by atoms with van der Waals surface area (Å²) in [5.41, 5.74) is 16.7. The number of carbonyl (C=O) groups is 6. The Kier molecular flexibility index (Phi) is 35.5. The van der Waals surface area contributed by atoms with Crippen molar-refractivity contribution in [1.82, 2.24) is 16.0 Å². The number of Topliss-reactive ketones (excluding diaryl/α,β-unsaturated/α-hetero) is 2. The smallest absolute Gasteiger partial charge is 0.408 e. The molecule has 0 aromatic rings. The quantitative estimate of drug-likeness (QED) is 0.0237. The van der Waals surface area contributed by atoms with Gasteiger partial charge in [-0.15, -0.1) is 5.92 Å². The van der Waals surface area contributed by atoms with Crippen molar-refractivity contribution in [1.29, 1.82) is 0 Å². The van der Waals surface area contributed by atoms with E-state index in [2.05, 4.69) is 51.8 Å². The first kappa shape index (κ1) is 59.3. The van der Waals surface area contributed by atoms with Crippen molar-refractivity contribution in [2.75, 3.05) is 32.8 Å². The minimum Gasteiger partial charge on any atom is -0.480 e. The number of hydrogen-bond acceptors (Lipinski definition) is 13. The highest BCUT2D eigenvalue weighted by molar-refractivity contribution is 5.81. The first-order valence-electron chi connectivity index (χ1n) is 24.3. The first-order chi connectivity index (χ1) is 31.8. The van der Waals surface area contributed by atoms with Crippen LogP contribution in [0.1, 0.15) is 168 Å². The Balaban J connectivity index is 0.000000497. The van der Waals surface area contributed by atoms with E-state index in [4.69, 9.17) is 41.3 Å². The van der Waals surface area contributed by atoms with Crippen LogP contribution in [0.4, 0.5) is 14.4 Å². The first-order valence-corrected chi connectivity index (χ1v) is 24.3. The largest absolute Gasteiger partial charge is 0.480 e. The lowest BCUT2D eigenvalue weighted by atomic mass is 10.0. The van der Waals surface area contributed by atoms with Gasteiger partial charge in [0.2, 0.25) is 0 Å². The Morgan fingerprint density at radius 3 is 1.64 bits per heavy atom. The zero-order valence-electron chi connectivity index (χ0n) is 39.9. The van der Waals surface area contributed by atoms with Crippen molar-refractivity contribution >= 4 is 35.8 Å². The minimum absolute atomic E-state index is 0.00484. The van der Waals surface area contributed by atoms with Crippen LogP contribution < -0.4 is 33.2 Å². The van der Waals surface area contributed by atoms with Gasteiger partial charge in [0.05, 0.1) is 18.7 Å². The molecule has 0 heterocycles. The van der Waals surface area contributed by atoms with Crippen LogP contribution >= 0.6 is 0 Å². The van der Waals surface area contributed by atoms with Gasteiger partial charge in [-0.1, -0.05) is 42.8 Å². The third-order valence-corrected chi connectivity index (χ3v) is 10.9. The Labute approximate surface area is 393 Å². The van der Waals surface area contributed by atoms with E-state index in [-0.39, 0.29) is 54.7 Å². The third kappa shape index (κ3) is 34.6. The summed E-state index contributed by atoms with van der Waals surface area (Å²) < 4.78 is 21.3. The number of nitrogens with one attached hydrogen (secondary N) is 3. The summed E-state index contributed by atoms with van der Waals surface area (Å²) in [7, 11) is 0. The lowest BCUT2D eigenvalue weighted by Gasteiger charge is -2.18. The predicted molar refractivity (Wildman–Crippen MR) is 254 cm³/mol. The van der Waals surface area contributed by atoms with Crippen LogP contribution in [0.5, 0.6) is 0 Å². The molecule has 17 nitrogen and oxygen atoms in total. The van der Waals surface area contributed by atoms with Crippen LogP contribution in [0, 0.1) is 23.7 Å². The van der Waals surface area contributed by atoms with Gasteiger partial charge in [-0.05, 0) is 142 Å².